The van der Waals surface area contributed by atoms with E-state index >= 15 is 0 Å². The van der Waals surface area contributed by atoms with E-state index in [4.69, 9.17) is 5.73 Å². The van der Waals surface area contributed by atoms with Crippen LogP contribution in [0.5, 0.6) is 0 Å². The van der Waals surface area contributed by atoms with Crippen LogP contribution in [0.4, 0.5) is 0 Å². The van der Waals surface area contributed by atoms with Gasteiger partial charge >= 0.3 is 0 Å². The van der Waals surface area contributed by atoms with Gasteiger partial charge in [0.25, 0.3) is 0 Å². The summed E-state index contributed by atoms with van der Waals surface area (Å²) in [6.45, 7) is 8.60. The molecule has 0 aromatic heterocycles. The molecule has 1 atom stereocenters. The molecule has 1 saturated heterocycles. The Hall–Kier alpha value is -0.610. The average molecular weight is 297 g/mol. The van der Waals surface area contributed by atoms with Crippen molar-refractivity contribution in [2.24, 2.45) is 5.73 Å². The summed E-state index contributed by atoms with van der Waals surface area (Å²) in [5, 5.41) is 0. The summed E-state index contributed by atoms with van der Waals surface area (Å²) < 4.78 is 0. The first kappa shape index (κ1) is 18.4. The van der Waals surface area contributed by atoms with E-state index in [9.17, 15) is 4.79 Å². The first-order valence-electron chi connectivity index (χ1n) is 8.94. The van der Waals surface area contributed by atoms with Gasteiger partial charge in [-0.2, -0.15) is 0 Å². The van der Waals surface area contributed by atoms with Crippen LogP contribution < -0.4 is 5.73 Å². The van der Waals surface area contributed by atoms with Gasteiger partial charge in [-0.25, -0.2) is 0 Å². The summed E-state index contributed by atoms with van der Waals surface area (Å²) in [5.41, 5.74) is 5.72. The molecule has 1 amide bonds. The van der Waals surface area contributed by atoms with E-state index in [0.29, 0.717) is 18.5 Å². The molecule has 1 aliphatic heterocycles. The maximum absolute atomic E-state index is 12.6. The predicted molar refractivity (Wildman–Crippen MR) is 89.3 cm³/mol. The molecule has 1 rings (SSSR count). The quantitative estimate of drug-likeness (QED) is 0.674. The van der Waals surface area contributed by atoms with Crippen LogP contribution in [0.1, 0.15) is 65.2 Å². The number of piperidine rings is 1. The number of nitrogens with zero attached hydrogens (tertiary/aromatic N) is 2. The molecular formula is C17H35N3O. The first-order chi connectivity index (χ1) is 10.2. The van der Waals surface area contributed by atoms with Crippen molar-refractivity contribution in [1.29, 1.82) is 0 Å². The third-order valence-corrected chi connectivity index (χ3v) is 4.50. The van der Waals surface area contributed by atoms with Crippen LogP contribution in [0.2, 0.25) is 0 Å². The van der Waals surface area contributed by atoms with Crippen molar-refractivity contribution in [3.05, 3.63) is 0 Å². The van der Waals surface area contributed by atoms with Crippen LogP contribution in [0.3, 0.4) is 0 Å². The van der Waals surface area contributed by atoms with Gasteiger partial charge in [0.2, 0.25) is 5.91 Å². The third-order valence-electron chi connectivity index (χ3n) is 4.50. The summed E-state index contributed by atoms with van der Waals surface area (Å²) >= 11 is 0. The number of hydrogen-bond donors (Lipinski definition) is 1. The fourth-order valence-corrected chi connectivity index (χ4v) is 3.12. The fourth-order valence-electron chi connectivity index (χ4n) is 3.12. The molecule has 1 aliphatic rings. The van der Waals surface area contributed by atoms with Gasteiger partial charge in [0.15, 0.2) is 0 Å². The summed E-state index contributed by atoms with van der Waals surface area (Å²) in [5.74, 6) is 0.320. The topological polar surface area (TPSA) is 49.6 Å². The van der Waals surface area contributed by atoms with Gasteiger partial charge in [-0.3, -0.25) is 9.69 Å². The van der Waals surface area contributed by atoms with Crippen LogP contribution in [-0.4, -0.2) is 54.5 Å². The Bertz CT molecular complexity index is 273. The van der Waals surface area contributed by atoms with Crippen LogP contribution in [0, 0.1) is 0 Å². The molecule has 21 heavy (non-hydrogen) atoms. The molecule has 0 aromatic carbocycles. The molecule has 1 heterocycles. The SMILES string of the molecule is CCCCN(CCCC)C(=O)CN1CCCCC1CCN. The number of rotatable bonds is 10. The number of carbonyl (C=O) groups is 1. The maximum atomic E-state index is 12.6. The lowest BCUT2D eigenvalue weighted by Crippen LogP contribution is -2.47. The third kappa shape index (κ3) is 6.79. The Labute approximate surface area is 131 Å². The molecular weight excluding hydrogens is 262 g/mol. The lowest BCUT2D eigenvalue weighted by atomic mass is 9.99. The number of unbranched alkanes of at least 4 members (excludes halogenated alkanes) is 2. The maximum Gasteiger partial charge on any atom is 0.236 e. The number of carbonyl (C=O) groups excluding carboxylic acids is 1. The Morgan fingerprint density at radius 2 is 1.86 bits per heavy atom. The van der Waals surface area contributed by atoms with E-state index in [2.05, 4.69) is 23.6 Å². The van der Waals surface area contributed by atoms with Gasteiger partial charge in [-0.1, -0.05) is 33.1 Å². The van der Waals surface area contributed by atoms with Crippen LogP contribution in [0.25, 0.3) is 0 Å². The van der Waals surface area contributed by atoms with E-state index in [-0.39, 0.29) is 0 Å². The molecule has 124 valence electrons. The summed E-state index contributed by atoms with van der Waals surface area (Å²) in [6.07, 6.45) is 9.25. The van der Waals surface area contributed by atoms with Gasteiger partial charge in [0.05, 0.1) is 6.54 Å². The zero-order valence-corrected chi connectivity index (χ0v) is 14.1. The van der Waals surface area contributed by atoms with Gasteiger partial charge in [-0.05, 0) is 45.2 Å². The number of amides is 1. The minimum atomic E-state index is 0.320. The van der Waals surface area contributed by atoms with Crippen LogP contribution in [-0.2, 0) is 4.79 Å². The molecule has 0 saturated carbocycles. The van der Waals surface area contributed by atoms with Crippen LogP contribution in [0.15, 0.2) is 0 Å². The lowest BCUT2D eigenvalue weighted by Gasteiger charge is -2.36. The van der Waals surface area contributed by atoms with E-state index in [1.807, 2.05) is 0 Å². The Balaban J connectivity index is 2.51. The van der Waals surface area contributed by atoms with E-state index in [0.717, 1.165) is 58.3 Å². The average Bonchev–Trinajstić information content (AvgIpc) is 2.49. The highest BCUT2D eigenvalue weighted by molar-refractivity contribution is 5.78. The monoisotopic (exact) mass is 297 g/mol. The molecule has 4 nitrogen and oxygen atoms in total. The normalized spacial score (nSPS) is 19.7. The number of hydrogen-bond acceptors (Lipinski definition) is 3. The number of nitrogens with two attached hydrogens (primary N) is 1. The second kappa shape index (κ2) is 11.0. The van der Waals surface area contributed by atoms with Crippen molar-refractivity contribution in [2.75, 3.05) is 32.7 Å². The Kier molecular flexibility index (Phi) is 9.68. The zero-order chi connectivity index (χ0) is 15.5. The van der Waals surface area contributed by atoms with Crippen molar-refractivity contribution in [1.82, 2.24) is 9.80 Å². The molecule has 2 N–H and O–H groups in total. The lowest BCUT2D eigenvalue weighted by molar-refractivity contribution is -0.133. The summed E-state index contributed by atoms with van der Waals surface area (Å²) in [4.78, 5) is 17.1. The molecule has 0 radical (unpaired) electrons. The zero-order valence-electron chi connectivity index (χ0n) is 14.1. The van der Waals surface area contributed by atoms with Gasteiger partial charge in [0.1, 0.15) is 0 Å². The Morgan fingerprint density at radius 3 is 2.43 bits per heavy atom. The molecule has 0 bridgehead atoms. The Morgan fingerprint density at radius 1 is 1.19 bits per heavy atom. The largest absolute Gasteiger partial charge is 0.342 e. The summed E-state index contributed by atoms with van der Waals surface area (Å²) in [6, 6.07) is 0.520. The highest BCUT2D eigenvalue weighted by atomic mass is 16.2. The molecule has 1 unspecified atom stereocenters. The van der Waals surface area contributed by atoms with Crippen molar-refractivity contribution in [2.45, 2.75) is 71.3 Å². The number of likely N-dealkylation sites (tertiary alicyclic amines) is 1. The molecule has 0 spiro atoms. The van der Waals surface area contributed by atoms with Gasteiger partial charge in [-0.15, -0.1) is 0 Å². The smallest absolute Gasteiger partial charge is 0.236 e. The molecule has 1 fully saturated rings. The first-order valence-corrected chi connectivity index (χ1v) is 8.94. The van der Waals surface area contributed by atoms with E-state index in [1.54, 1.807) is 0 Å². The van der Waals surface area contributed by atoms with Crippen molar-refractivity contribution < 1.29 is 4.79 Å². The second-order valence-corrected chi connectivity index (χ2v) is 6.29. The van der Waals surface area contributed by atoms with Crippen molar-refractivity contribution in [3.63, 3.8) is 0 Å². The van der Waals surface area contributed by atoms with Gasteiger partial charge < -0.3 is 10.6 Å². The summed E-state index contributed by atoms with van der Waals surface area (Å²) in [7, 11) is 0. The predicted octanol–water partition coefficient (Wildman–Crippen LogP) is 2.62. The van der Waals surface area contributed by atoms with Crippen LogP contribution >= 0.6 is 0 Å². The van der Waals surface area contributed by atoms with E-state index in [1.165, 1.54) is 19.3 Å². The second-order valence-electron chi connectivity index (χ2n) is 6.29. The van der Waals surface area contributed by atoms with E-state index < -0.39 is 0 Å². The minimum absolute atomic E-state index is 0.320. The van der Waals surface area contributed by atoms with Crippen molar-refractivity contribution in [3.8, 4) is 0 Å². The fraction of sp³-hybridized carbons (Fsp3) is 0.941. The highest BCUT2D eigenvalue weighted by Gasteiger charge is 2.25. The standard InChI is InChI=1S/C17H35N3O/c1-3-5-12-19(13-6-4-2)17(21)15-20-14-8-7-9-16(20)10-11-18/h16H,3-15,18H2,1-2H3. The molecule has 0 aliphatic carbocycles. The molecule has 4 heteroatoms. The van der Waals surface area contributed by atoms with Crippen molar-refractivity contribution >= 4 is 5.91 Å². The molecule has 0 aromatic rings. The minimum Gasteiger partial charge on any atom is -0.342 e. The van der Waals surface area contributed by atoms with Gasteiger partial charge in [0, 0.05) is 19.1 Å². The highest BCUT2D eigenvalue weighted by Crippen LogP contribution is 2.19.